The van der Waals surface area contributed by atoms with Gasteiger partial charge < -0.3 is 25.1 Å². The molecular weight excluding hydrogens is 266 g/mol. The lowest BCUT2D eigenvalue weighted by atomic mass is 10.1. The van der Waals surface area contributed by atoms with E-state index in [0.717, 1.165) is 0 Å². The molecule has 7 heteroatoms. The topological polar surface area (TPSA) is 108 Å². The molecule has 1 aromatic carbocycles. The van der Waals surface area contributed by atoms with Crippen molar-refractivity contribution < 1.29 is 28.9 Å². The van der Waals surface area contributed by atoms with Crippen molar-refractivity contribution in [2.75, 3.05) is 20.0 Å². The Bertz CT molecular complexity index is 514. The number of methoxy groups -OCH3 is 2. The highest BCUT2D eigenvalue weighted by atomic mass is 16.6. The van der Waals surface area contributed by atoms with Crippen molar-refractivity contribution in [3.63, 3.8) is 0 Å². The minimum Gasteiger partial charge on any atom is -0.497 e. The minimum atomic E-state index is -1.22. The van der Waals surface area contributed by atoms with E-state index >= 15 is 0 Å². The molecular formula is C13H17NO6. The van der Waals surface area contributed by atoms with Gasteiger partial charge in [-0.15, -0.1) is 0 Å². The summed E-state index contributed by atoms with van der Waals surface area (Å²) in [5.74, 6) is -1.45. The summed E-state index contributed by atoms with van der Waals surface area (Å²) in [6, 6.07) is 2.88. The molecule has 0 radical (unpaired) electrons. The van der Waals surface area contributed by atoms with E-state index in [4.69, 9.17) is 25.1 Å². The lowest BCUT2D eigenvalue weighted by Crippen LogP contribution is -2.26. The molecule has 0 amide bonds. The summed E-state index contributed by atoms with van der Waals surface area (Å²) in [5, 5.41) is 8.88. The molecule has 0 spiro atoms. The summed E-state index contributed by atoms with van der Waals surface area (Å²) in [7, 11) is 2.82. The Balaban J connectivity index is 3.11. The SMILES string of the molecule is CCC(OC(=O)c1cc(OC)cc(OC)c1N)C(=O)O. The smallest absolute Gasteiger partial charge is 0.345 e. The molecule has 0 aromatic heterocycles. The van der Waals surface area contributed by atoms with Crippen LogP contribution in [0.25, 0.3) is 0 Å². The summed E-state index contributed by atoms with van der Waals surface area (Å²) in [6.07, 6.45) is -1.07. The van der Waals surface area contributed by atoms with Gasteiger partial charge in [0.2, 0.25) is 0 Å². The lowest BCUT2D eigenvalue weighted by molar-refractivity contribution is -0.147. The van der Waals surface area contributed by atoms with Gasteiger partial charge in [0.05, 0.1) is 25.5 Å². The van der Waals surface area contributed by atoms with Crippen LogP contribution < -0.4 is 15.2 Å². The van der Waals surface area contributed by atoms with Crippen LogP contribution >= 0.6 is 0 Å². The maximum Gasteiger partial charge on any atom is 0.345 e. The zero-order chi connectivity index (χ0) is 15.3. The van der Waals surface area contributed by atoms with E-state index in [2.05, 4.69) is 0 Å². The number of benzene rings is 1. The van der Waals surface area contributed by atoms with Gasteiger partial charge in [-0.3, -0.25) is 0 Å². The standard InChI is InChI=1S/C13H17NO6/c1-4-9(12(15)16)20-13(17)8-5-7(18-2)6-10(19-3)11(8)14/h5-6,9H,4,14H2,1-3H3,(H,15,16). The molecule has 0 aliphatic heterocycles. The molecule has 0 fully saturated rings. The largest absolute Gasteiger partial charge is 0.497 e. The summed E-state index contributed by atoms with van der Waals surface area (Å²) < 4.78 is 14.9. The molecule has 110 valence electrons. The quantitative estimate of drug-likeness (QED) is 0.598. The van der Waals surface area contributed by atoms with Crippen molar-refractivity contribution in [2.45, 2.75) is 19.4 Å². The Labute approximate surface area is 116 Å². The van der Waals surface area contributed by atoms with Gasteiger partial charge in [0, 0.05) is 6.07 Å². The maximum atomic E-state index is 12.0. The molecule has 1 rings (SSSR count). The number of aliphatic carboxylic acids is 1. The molecule has 7 nitrogen and oxygen atoms in total. The first-order valence-corrected chi connectivity index (χ1v) is 5.89. The number of carbonyl (C=O) groups is 2. The molecule has 0 saturated heterocycles. The Morgan fingerprint density at radius 3 is 2.40 bits per heavy atom. The second kappa shape index (κ2) is 6.65. The number of carbonyl (C=O) groups excluding carboxylic acids is 1. The predicted octanol–water partition coefficient (Wildman–Crippen LogP) is 1.31. The van der Waals surface area contributed by atoms with Crippen LogP contribution in [0.2, 0.25) is 0 Å². The average Bonchev–Trinajstić information content (AvgIpc) is 2.44. The molecule has 20 heavy (non-hydrogen) atoms. The molecule has 1 atom stereocenters. The molecule has 0 saturated carbocycles. The Hall–Kier alpha value is -2.44. The van der Waals surface area contributed by atoms with Gasteiger partial charge in [0.15, 0.2) is 6.10 Å². The van der Waals surface area contributed by atoms with Crippen LogP contribution in [0.15, 0.2) is 12.1 Å². The van der Waals surface area contributed by atoms with Gasteiger partial charge in [-0.25, -0.2) is 9.59 Å². The Morgan fingerprint density at radius 2 is 1.95 bits per heavy atom. The zero-order valence-electron chi connectivity index (χ0n) is 11.5. The third kappa shape index (κ3) is 3.31. The summed E-state index contributed by atoms with van der Waals surface area (Å²) in [5.41, 5.74) is 5.85. The van der Waals surface area contributed by atoms with Crippen molar-refractivity contribution in [1.82, 2.24) is 0 Å². The van der Waals surface area contributed by atoms with Gasteiger partial charge in [-0.1, -0.05) is 6.92 Å². The summed E-state index contributed by atoms with van der Waals surface area (Å²) >= 11 is 0. The van der Waals surface area contributed by atoms with Crippen LogP contribution in [0.3, 0.4) is 0 Å². The fourth-order valence-corrected chi connectivity index (χ4v) is 1.56. The number of anilines is 1. The van der Waals surface area contributed by atoms with Crippen molar-refractivity contribution in [2.24, 2.45) is 0 Å². The number of carboxylic acids is 1. The second-order valence-corrected chi connectivity index (χ2v) is 3.93. The molecule has 3 N–H and O–H groups in total. The first-order chi connectivity index (χ1) is 9.44. The van der Waals surface area contributed by atoms with E-state index in [0.29, 0.717) is 5.75 Å². The summed E-state index contributed by atoms with van der Waals surface area (Å²) in [6.45, 7) is 1.60. The van der Waals surface area contributed by atoms with Crippen LogP contribution in [-0.4, -0.2) is 37.4 Å². The van der Waals surface area contributed by atoms with Crippen LogP contribution in [0, 0.1) is 0 Å². The van der Waals surface area contributed by atoms with Crippen LogP contribution in [0.1, 0.15) is 23.7 Å². The van der Waals surface area contributed by atoms with E-state index < -0.39 is 18.0 Å². The molecule has 0 aliphatic carbocycles. The normalized spacial score (nSPS) is 11.6. The molecule has 1 aromatic rings. The number of hydrogen-bond acceptors (Lipinski definition) is 6. The number of nitrogens with two attached hydrogens (primary N) is 1. The number of carboxylic acid groups (broad SMARTS) is 1. The highest BCUT2D eigenvalue weighted by Gasteiger charge is 2.24. The highest BCUT2D eigenvalue weighted by Crippen LogP contribution is 2.31. The van der Waals surface area contributed by atoms with Gasteiger partial charge in [-0.2, -0.15) is 0 Å². The van der Waals surface area contributed by atoms with Gasteiger partial charge in [0.1, 0.15) is 11.5 Å². The number of hydrogen-bond donors (Lipinski definition) is 2. The van der Waals surface area contributed by atoms with Gasteiger partial charge in [0.25, 0.3) is 0 Å². The van der Waals surface area contributed by atoms with E-state index in [-0.39, 0.29) is 23.4 Å². The van der Waals surface area contributed by atoms with Crippen molar-refractivity contribution in [3.05, 3.63) is 17.7 Å². The van der Waals surface area contributed by atoms with Crippen molar-refractivity contribution in [3.8, 4) is 11.5 Å². The number of ether oxygens (including phenoxy) is 3. The highest BCUT2D eigenvalue weighted by molar-refractivity contribution is 5.98. The third-order valence-corrected chi connectivity index (χ3v) is 2.69. The first-order valence-electron chi connectivity index (χ1n) is 5.89. The van der Waals surface area contributed by atoms with E-state index in [1.54, 1.807) is 6.92 Å². The van der Waals surface area contributed by atoms with Crippen molar-refractivity contribution >= 4 is 17.6 Å². The van der Waals surface area contributed by atoms with E-state index in [1.165, 1.54) is 26.4 Å². The lowest BCUT2D eigenvalue weighted by Gasteiger charge is -2.15. The van der Waals surface area contributed by atoms with Crippen molar-refractivity contribution in [1.29, 1.82) is 0 Å². The van der Waals surface area contributed by atoms with E-state index in [1.807, 2.05) is 0 Å². The number of esters is 1. The first kappa shape index (κ1) is 15.6. The maximum absolute atomic E-state index is 12.0. The van der Waals surface area contributed by atoms with Crippen LogP contribution in [-0.2, 0) is 9.53 Å². The molecule has 1 unspecified atom stereocenters. The van der Waals surface area contributed by atoms with Crippen LogP contribution in [0.5, 0.6) is 11.5 Å². The third-order valence-electron chi connectivity index (χ3n) is 2.69. The zero-order valence-corrected chi connectivity index (χ0v) is 11.5. The predicted molar refractivity (Wildman–Crippen MR) is 71.1 cm³/mol. The molecule has 0 heterocycles. The van der Waals surface area contributed by atoms with E-state index in [9.17, 15) is 9.59 Å². The fourth-order valence-electron chi connectivity index (χ4n) is 1.56. The monoisotopic (exact) mass is 283 g/mol. The second-order valence-electron chi connectivity index (χ2n) is 3.93. The van der Waals surface area contributed by atoms with Gasteiger partial charge >= 0.3 is 11.9 Å². The number of nitrogen functional groups attached to an aromatic ring is 1. The molecule has 0 bridgehead atoms. The van der Waals surface area contributed by atoms with Gasteiger partial charge in [-0.05, 0) is 12.5 Å². The Morgan fingerprint density at radius 1 is 1.30 bits per heavy atom. The average molecular weight is 283 g/mol. The molecule has 0 aliphatic rings. The van der Waals surface area contributed by atoms with Crippen LogP contribution in [0.4, 0.5) is 5.69 Å². The number of rotatable bonds is 6. The summed E-state index contributed by atoms with van der Waals surface area (Å²) in [4.78, 5) is 22.9. The fraction of sp³-hybridized carbons (Fsp3) is 0.385. The minimum absolute atomic E-state index is 0.000833. The Kier molecular flexibility index (Phi) is 5.19.